The highest BCUT2D eigenvalue weighted by Crippen LogP contribution is 2.18. The molecule has 0 aliphatic carbocycles. The summed E-state index contributed by atoms with van der Waals surface area (Å²) in [5.41, 5.74) is 1.40. The van der Waals surface area contributed by atoms with Crippen molar-refractivity contribution in [2.75, 3.05) is 13.1 Å². The first-order valence-electron chi connectivity index (χ1n) is 7.56. The second-order valence-corrected chi connectivity index (χ2v) is 5.50. The van der Waals surface area contributed by atoms with Gasteiger partial charge in [-0.15, -0.1) is 0 Å². The van der Waals surface area contributed by atoms with Gasteiger partial charge in [-0.2, -0.15) is 5.10 Å². The standard InChI is InChI=1S/C15H21N5O/c1-3-11-10-19(12(4-2)7-17-11)15(21)13-8-18-20-6-5-16-9-14(13)20/h5-6,8-9,11-12,17H,3-4,7,10H2,1-2H3. The molecule has 1 aliphatic heterocycles. The Labute approximate surface area is 124 Å². The molecule has 3 rings (SSSR count). The van der Waals surface area contributed by atoms with Crippen LogP contribution in [-0.4, -0.2) is 50.6 Å². The predicted octanol–water partition coefficient (Wildman–Crippen LogP) is 1.33. The number of piperazine rings is 1. The molecule has 1 saturated heterocycles. The maximum absolute atomic E-state index is 12.9. The van der Waals surface area contributed by atoms with Crippen LogP contribution in [0.25, 0.3) is 5.52 Å². The molecule has 0 spiro atoms. The highest BCUT2D eigenvalue weighted by molar-refractivity contribution is 6.00. The molecular weight excluding hydrogens is 266 g/mol. The third-order valence-electron chi connectivity index (χ3n) is 4.28. The average Bonchev–Trinajstić information content (AvgIpc) is 2.97. The highest BCUT2D eigenvalue weighted by atomic mass is 16.2. The van der Waals surface area contributed by atoms with Crippen molar-refractivity contribution in [3.05, 3.63) is 30.4 Å². The van der Waals surface area contributed by atoms with Gasteiger partial charge in [-0.25, -0.2) is 4.52 Å². The molecular formula is C15H21N5O. The summed E-state index contributed by atoms with van der Waals surface area (Å²) >= 11 is 0. The normalized spacial score (nSPS) is 22.7. The summed E-state index contributed by atoms with van der Waals surface area (Å²) < 4.78 is 1.70. The molecule has 2 aromatic rings. The Hall–Kier alpha value is -1.95. The number of aromatic nitrogens is 3. The van der Waals surface area contributed by atoms with E-state index in [1.165, 1.54) is 0 Å². The van der Waals surface area contributed by atoms with Crippen molar-refractivity contribution in [2.45, 2.75) is 38.8 Å². The van der Waals surface area contributed by atoms with Crippen LogP contribution < -0.4 is 5.32 Å². The van der Waals surface area contributed by atoms with Gasteiger partial charge in [0.05, 0.1) is 23.5 Å². The number of hydrogen-bond donors (Lipinski definition) is 1. The van der Waals surface area contributed by atoms with Crippen LogP contribution in [0.4, 0.5) is 0 Å². The van der Waals surface area contributed by atoms with Crippen LogP contribution in [0.1, 0.15) is 37.0 Å². The van der Waals surface area contributed by atoms with E-state index < -0.39 is 0 Å². The number of amides is 1. The van der Waals surface area contributed by atoms with Crippen LogP contribution in [0.5, 0.6) is 0 Å². The summed E-state index contributed by atoms with van der Waals surface area (Å²) in [6, 6.07) is 0.614. The van der Waals surface area contributed by atoms with Crippen molar-refractivity contribution in [3.63, 3.8) is 0 Å². The van der Waals surface area contributed by atoms with Gasteiger partial charge in [0.1, 0.15) is 0 Å². The lowest BCUT2D eigenvalue weighted by atomic mass is 10.0. The molecule has 21 heavy (non-hydrogen) atoms. The van der Waals surface area contributed by atoms with Gasteiger partial charge in [0, 0.05) is 37.6 Å². The summed E-state index contributed by atoms with van der Waals surface area (Å²) in [7, 11) is 0. The smallest absolute Gasteiger partial charge is 0.258 e. The molecule has 3 heterocycles. The summed E-state index contributed by atoms with van der Waals surface area (Å²) in [5, 5.41) is 7.75. The van der Waals surface area contributed by atoms with Crippen molar-refractivity contribution in [3.8, 4) is 0 Å². The zero-order valence-corrected chi connectivity index (χ0v) is 12.5. The largest absolute Gasteiger partial charge is 0.333 e. The lowest BCUT2D eigenvalue weighted by Gasteiger charge is -2.39. The monoisotopic (exact) mass is 287 g/mol. The third-order valence-corrected chi connectivity index (χ3v) is 4.28. The van der Waals surface area contributed by atoms with Gasteiger partial charge in [0.2, 0.25) is 0 Å². The zero-order chi connectivity index (χ0) is 14.8. The van der Waals surface area contributed by atoms with Crippen LogP contribution in [0, 0.1) is 0 Å². The SMILES string of the molecule is CCC1CN(C(=O)c2cnn3ccncc23)C(CC)CN1. The van der Waals surface area contributed by atoms with Gasteiger partial charge < -0.3 is 10.2 Å². The Morgan fingerprint density at radius 2 is 2.24 bits per heavy atom. The van der Waals surface area contributed by atoms with Gasteiger partial charge >= 0.3 is 0 Å². The highest BCUT2D eigenvalue weighted by Gasteiger charge is 2.31. The van der Waals surface area contributed by atoms with Crippen molar-refractivity contribution < 1.29 is 4.79 Å². The first-order valence-corrected chi connectivity index (χ1v) is 7.56. The van der Waals surface area contributed by atoms with E-state index in [1.54, 1.807) is 29.3 Å². The van der Waals surface area contributed by atoms with Crippen molar-refractivity contribution in [1.82, 2.24) is 24.8 Å². The fourth-order valence-electron chi connectivity index (χ4n) is 2.90. The molecule has 2 atom stereocenters. The van der Waals surface area contributed by atoms with E-state index in [1.807, 2.05) is 4.90 Å². The Balaban J connectivity index is 1.92. The third kappa shape index (κ3) is 2.51. The summed E-state index contributed by atoms with van der Waals surface area (Å²) in [4.78, 5) is 19.0. The lowest BCUT2D eigenvalue weighted by Crippen LogP contribution is -2.57. The van der Waals surface area contributed by atoms with Gasteiger partial charge in [-0.05, 0) is 12.8 Å². The molecule has 1 N–H and O–H groups in total. The number of fused-ring (bicyclic) bond motifs is 1. The van der Waals surface area contributed by atoms with Gasteiger partial charge in [0.15, 0.2) is 0 Å². The van der Waals surface area contributed by atoms with E-state index in [0.717, 1.165) is 31.4 Å². The molecule has 1 amide bonds. The van der Waals surface area contributed by atoms with E-state index in [9.17, 15) is 4.79 Å². The number of rotatable bonds is 3. The molecule has 6 heteroatoms. The Morgan fingerprint density at radius 3 is 3.00 bits per heavy atom. The van der Waals surface area contributed by atoms with E-state index in [4.69, 9.17) is 0 Å². The van der Waals surface area contributed by atoms with Crippen LogP contribution >= 0.6 is 0 Å². The minimum absolute atomic E-state index is 0.0600. The molecule has 6 nitrogen and oxygen atoms in total. The lowest BCUT2D eigenvalue weighted by molar-refractivity contribution is 0.0578. The van der Waals surface area contributed by atoms with Crippen LogP contribution in [0.3, 0.4) is 0 Å². The molecule has 2 aromatic heterocycles. The molecule has 0 bridgehead atoms. The maximum Gasteiger partial charge on any atom is 0.258 e. The number of hydrogen-bond acceptors (Lipinski definition) is 4. The fourth-order valence-corrected chi connectivity index (χ4v) is 2.90. The van der Waals surface area contributed by atoms with E-state index in [0.29, 0.717) is 11.6 Å². The molecule has 2 unspecified atom stereocenters. The first kappa shape index (κ1) is 14.0. The fraction of sp³-hybridized carbons (Fsp3) is 0.533. The van der Waals surface area contributed by atoms with Crippen molar-refractivity contribution in [2.24, 2.45) is 0 Å². The minimum atomic E-state index is 0.0600. The van der Waals surface area contributed by atoms with Gasteiger partial charge in [-0.1, -0.05) is 13.8 Å². The molecule has 112 valence electrons. The van der Waals surface area contributed by atoms with Gasteiger partial charge in [0.25, 0.3) is 5.91 Å². The van der Waals surface area contributed by atoms with E-state index in [-0.39, 0.29) is 11.9 Å². The topological polar surface area (TPSA) is 62.5 Å². The van der Waals surface area contributed by atoms with Crippen LogP contribution in [-0.2, 0) is 0 Å². The number of nitrogens with zero attached hydrogens (tertiary/aromatic N) is 4. The molecule has 1 aliphatic rings. The van der Waals surface area contributed by atoms with Gasteiger partial charge in [-0.3, -0.25) is 9.78 Å². The van der Waals surface area contributed by atoms with Crippen LogP contribution in [0.2, 0.25) is 0 Å². The van der Waals surface area contributed by atoms with Crippen molar-refractivity contribution >= 4 is 11.4 Å². The molecule has 0 aromatic carbocycles. The van der Waals surface area contributed by atoms with Crippen molar-refractivity contribution in [1.29, 1.82) is 0 Å². The Kier molecular flexibility index (Phi) is 3.88. The number of carbonyl (C=O) groups excluding carboxylic acids is 1. The Bertz CT molecular complexity index is 638. The minimum Gasteiger partial charge on any atom is -0.333 e. The quantitative estimate of drug-likeness (QED) is 0.925. The summed E-state index contributed by atoms with van der Waals surface area (Å²) in [6.45, 7) is 5.88. The maximum atomic E-state index is 12.9. The summed E-state index contributed by atoms with van der Waals surface area (Å²) in [6.07, 6.45) is 8.75. The summed E-state index contributed by atoms with van der Waals surface area (Å²) in [5.74, 6) is 0.0600. The van der Waals surface area contributed by atoms with E-state index in [2.05, 4.69) is 29.2 Å². The first-order chi connectivity index (χ1) is 10.2. The second kappa shape index (κ2) is 5.81. The zero-order valence-electron chi connectivity index (χ0n) is 12.5. The molecule has 1 fully saturated rings. The Morgan fingerprint density at radius 1 is 1.38 bits per heavy atom. The molecule has 0 saturated carbocycles. The molecule has 0 radical (unpaired) electrons. The number of nitrogens with one attached hydrogen (secondary N) is 1. The second-order valence-electron chi connectivity index (χ2n) is 5.50. The average molecular weight is 287 g/mol. The number of carbonyl (C=O) groups is 1. The van der Waals surface area contributed by atoms with E-state index >= 15 is 0 Å². The van der Waals surface area contributed by atoms with Crippen LogP contribution in [0.15, 0.2) is 24.8 Å². The predicted molar refractivity (Wildman–Crippen MR) is 80.2 cm³/mol.